The highest BCUT2D eigenvalue weighted by atomic mass is 15.4. The average molecular weight is 157 g/mol. The second-order valence-corrected chi connectivity index (χ2v) is 3.33. The van der Waals surface area contributed by atoms with Crippen LogP contribution in [-0.2, 0) is 0 Å². The quantitative estimate of drug-likeness (QED) is 0.461. The Labute approximate surface area is 69.1 Å². The first-order valence-corrected chi connectivity index (χ1v) is 4.44. The van der Waals surface area contributed by atoms with Gasteiger partial charge < -0.3 is 4.90 Å². The van der Waals surface area contributed by atoms with Gasteiger partial charge in [-0.2, -0.15) is 0 Å². The minimum atomic E-state index is 0.609. The van der Waals surface area contributed by atoms with Gasteiger partial charge in [-0.25, -0.2) is 5.01 Å². The Morgan fingerprint density at radius 2 is 2.00 bits per heavy atom. The molecule has 0 amide bonds. The van der Waals surface area contributed by atoms with E-state index in [9.17, 15) is 0 Å². The molecular weight excluding hydrogens is 138 g/mol. The zero-order valence-corrected chi connectivity index (χ0v) is 7.58. The summed E-state index contributed by atoms with van der Waals surface area (Å²) < 4.78 is 0. The minimum Gasteiger partial charge on any atom is -0.303 e. The second kappa shape index (κ2) is 4.04. The maximum atomic E-state index is 5.67. The number of rotatable bonds is 2. The molecule has 1 aliphatic rings. The van der Waals surface area contributed by atoms with Gasteiger partial charge in [-0.15, -0.1) is 0 Å². The van der Waals surface area contributed by atoms with Gasteiger partial charge in [-0.05, 0) is 32.5 Å². The van der Waals surface area contributed by atoms with Gasteiger partial charge in [0.1, 0.15) is 0 Å². The fourth-order valence-corrected chi connectivity index (χ4v) is 1.64. The molecule has 1 heterocycles. The van der Waals surface area contributed by atoms with E-state index in [0.717, 1.165) is 0 Å². The summed E-state index contributed by atoms with van der Waals surface area (Å²) in [5, 5.41) is 1.85. The largest absolute Gasteiger partial charge is 0.303 e. The predicted molar refractivity (Wildman–Crippen MR) is 47.1 cm³/mol. The molecule has 3 nitrogen and oxygen atoms in total. The van der Waals surface area contributed by atoms with Crippen molar-refractivity contribution < 1.29 is 0 Å². The van der Waals surface area contributed by atoms with Gasteiger partial charge in [0.2, 0.25) is 0 Å². The van der Waals surface area contributed by atoms with E-state index < -0.39 is 0 Å². The first kappa shape index (κ1) is 8.97. The molecule has 2 N–H and O–H groups in total. The molecule has 66 valence electrons. The molecule has 0 bridgehead atoms. The van der Waals surface area contributed by atoms with E-state index in [0.29, 0.717) is 6.04 Å². The number of piperidine rings is 1. The van der Waals surface area contributed by atoms with Crippen molar-refractivity contribution in [1.29, 1.82) is 0 Å². The summed E-state index contributed by atoms with van der Waals surface area (Å²) in [5.41, 5.74) is 0. The summed E-state index contributed by atoms with van der Waals surface area (Å²) in [7, 11) is 1.96. The van der Waals surface area contributed by atoms with Crippen LogP contribution < -0.4 is 5.84 Å². The van der Waals surface area contributed by atoms with Crippen molar-refractivity contribution in [1.82, 2.24) is 9.91 Å². The topological polar surface area (TPSA) is 32.5 Å². The van der Waals surface area contributed by atoms with Crippen molar-refractivity contribution in [3.05, 3.63) is 0 Å². The summed E-state index contributed by atoms with van der Waals surface area (Å²) in [4.78, 5) is 2.47. The first-order chi connectivity index (χ1) is 5.24. The highest BCUT2D eigenvalue weighted by molar-refractivity contribution is 4.75. The highest BCUT2D eigenvalue weighted by Crippen LogP contribution is 2.12. The lowest BCUT2D eigenvalue weighted by Crippen LogP contribution is -2.45. The zero-order chi connectivity index (χ0) is 8.27. The number of hydrogen-bond donors (Lipinski definition) is 1. The summed E-state index contributed by atoms with van der Waals surface area (Å²) in [6.07, 6.45) is 2.45. The SMILES string of the molecule is CCN1CCC(N(C)N)CC1. The third-order valence-electron chi connectivity index (χ3n) is 2.58. The van der Waals surface area contributed by atoms with Crippen LogP contribution >= 0.6 is 0 Å². The lowest BCUT2D eigenvalue weighted by Gasteiger charge is -2.34. The van der Waals surface area contributed by atoms with Crippen LogP contribution in [0.1, 0.15) is 19.8 Å². The van der Waals surface area contributed by atoms with Gasteiger partial charge >= 0.3 is 0 Å². The first-order valence-electron chi connectivity index (χ1n) is 4.44. The molecule has 0 radical (unpaired) electrons. The van der Waals surface area contributed by atoms with Crippen LogP contribution in [0, 0.1) is 0 Å². The number of nitrogens with two attached hydrogens (primary N) is 1. The number of hydrazine groups is 1. The van der Waals surface area contributed by atoms with Gasteiger partial charge in [-0.3, -0.25) is 5.84 Å². The average Bonchev–Trinajstić information content (AvgIpc) is 2.05. The van der Waals surface area contributed by atoms with E-state index in [4.69, 9.17) is 5.84 Å². The van der Waals surface area contributed by atoms with Crippen LogP contribution in [0.3, 0.4) is 0 Å². The van der Waals surface area contributed by atoms with Crippen LogP contribution in [0.5, 0.6) is 0 Å². The van der Waals surface area contributed by atoms with E-state index >= 15 is 0 Å². The Morgan fingerprint density at radius 3 is 2.36 bits per heavy atom. The van der Waals surface area contributed by atoms with Crippen molar-refractivity contribution in [2.24, 2.45) is 5.84 Å². The molecule has 1 fully saturated rings. The Morgan fingerprint density at radius 1 is 1.45 bits per heavy atom. The molecule has 0 saturated carbocycles. The van der Waals surface area contributed by atoms with Crippen molar-refractivity contribution >= 4 is 0 Å². The molecule has 11 heavy (non-hydrogen) atoms. The van der Waals surface area contributed by atoms with Crippen LogP contribution in [0.2, 0.25) is 0 Å². The van der Waals surface area contributed by atoms with Crippen LogP contribution in [0.4, 0.5) is 0 Å². The van der Waals surface area contributed by atoms with Crippen LogP contribution in [0.15, 0.2) is 0 Å². The maximum Gasteiger partial charge on any atom is 0.0262 e. The lowest BCUT2D eigenvalue weighted by atomic mass is 10.1. The van der Waals surface area contributed by atoms with Crippen molar-refractivity contribution in [2.45, 2.75) is 25.8 Å². The molecule has 0 aromatic rings. The van der Waals surface area contributed by atoms with Crippen molar-refractivity contribution in [3.63, 3.8) is 0 Å². The Balaban J connectivity index is 2.24. The van der Waals surface area contributed by atoms with E-state index in [-0.39, 0.29) is 0 Å². The monoisotopic (exact) mass is 157 g/mol. The van der Waals surface area contributed by atoms with E-state index in [2.05, 4.69) is 11.8 Å². The minimum absolute atomic E-state index is 0.609. The summed E-state index contributed by atoms with van der Waals surface area (Å²) >= 11 is 0. The molecule has 1 saturated heterocycles. The summed E-state index contributed by atoms with van der Waals surface area (Å²) in [6, 6.07) is 0.609. The van der Waals surface area contributed by atoms with Crippen LogP contribution in [0.25, 0.3) is 0 Å². The fraction of sp³-hybridized carbons (Fsp3) is 1.00. The third-order valence-corrected chi connectivity index (χ3v) is 2.58. The lowest BCUT2D eigenvalue weighted by molar-refractivity contribution is 0.133. The molecule has 0 spiro atoms. The van der Waals surface area contributed by atoms with E-state index in [1.807, 2.05) is 12.1 Å². The zero-order valence-electron chi connectivity index (χ0n) is 7.58. The smallest absolute Gasteiger partial charge is 0.0262 e. The molecule has 0 unspecified atom stereocenters. The Kier molecular flexibility index (Phi) is 3.30. The summed E-state index contributed by atoms with van der Waals surface area (Å²) in [6.45, 7) is 5.82. The molecule has 0 aromatic heterocycles. The molecule has 0 atom stereocenters. The van der Waals surface area contributed by atoms with Gasteiger partial charge in [0, 0.05) is 13.1 Å². The van der Waals surface area contributed by atoms with E-state index in [1.165, 1.54) is 32.5 Å². The molecule has 1 rings (SSSR count). The van der Waals surface area contributed by atoms with Gasteiger partial charge in [0.05, 0.1) is 0 Å². The predicted octanol–water partition coefficient (Wildman–Crippen LogP) is 0.276. The highest BCUT2D eigenvalue weighted by Gasteiger charge is 2.19. The maximum absolute atomic E-state index is 5.67. The third kappa shape index (κ3) is 2.43. The number of likely N-dealkylation sites (tertiary alicyclic amines) is 1. The number of hydrogen-bond acceptors (Lipinski definition) is 3. The molecule has 0 aliphatic carbocycles. The molecule has 0 aromatic carbocycles. The molecule has 1 aliphatic heterocycles. The summed E-state index contributed by atoms with van der Waals surface area (Å²) in [5.74, 6) is 5.67. The number of nitrogens with zero attached hydrogens (tertiary/aromatic N) is 2. The van der Waals surface area contributed by atoms with E-state index in [1.54, 1.807) is 0 Å². The van der Waals surface area contributed by atoms with Crippen molar-refractivity contribution in [3.8, 4) is 0 Å². The fourth-order valence-electron chi connectivity index (χ4n) is 1.64. The second-order valence-electron chi connectivity index (χ2n) is 3.33. The van der Waals surface area contributed by atoms with Crippen LogP contribution in [-0.4, -0.2) is 42.6 Å². The molecule has 3 heteroatoms. The van der Waals surface area contributed by atoms with Gasteiger partial charge in [-0.1, -0.05) is 6.92 Å². The molecular formula is C8H19N3. The Bertz CT molecular complexity index is 106. The van der Waals surface area contributed by atoms with Gasteiger partial charge in [0.15, 0.2) is 0 Å². The normalized spacial score (nSPS) is 22.9. The van der Waals surface area contributed by atoms with Gasteiger partial charge in [0.25, 0.3) is 0 Å². The Hall–Kier alpha value is -0.120. The standard InChI is InChI=1S/C8H19N3/c1-3-11-6-4-8(5-7-11)10(2)9/h8H,3-7,9H2,1-2H3. The van der Waals surface area contributed by atoms with Crippen molar-refractivity contribution in [2.75, 3.05) is 26.7 Å².